The summed E-state index contributed by atoms with van der Waals surface area (Å²) in [5.74, 6) is -2.00. The Labute approximate surface area is 226 Å². The fraction of sp³-hybridized carbons (Fsp3) is 0.300. The quantitative estimate of drug-likeness (QED) is 0.0725. The second-order valence-corrected chi connectivity index (χ2v) is 11.8. The first-order valence-electron chi connectivity index (χ1n) is 10.5. The van der Waals surface area contributed by atoms with Gasteiger partial charge in [0.15, 0.2) is 10.8 Å². The molecule has 0 bridgehead atoms. The molecule has 37 heavy (non-hydrogen) atoms. The Morgan fingerprint density at radius 3 is 2.81 bits per heavy atom. The highest BCUT2D eigenvalue weighted by Gasteiger charge is 2.54. The number of nitrogens with two attached hydrogens (primary N) is 2. The van der Waals surface area contributed by atoms with Crippen molar-refractivity contribution in [3.05, 3.63) is 40.1 Å². The van der Waals surface area contributed by atoms with Crippen molar-refractivity contribution in [2.75, 3.05) is 23.8 Å². The molecule has 2 aliphatic heterocycles. The van der Waals surface area contributed by atoms with E-state index in [1.807, 2.05) is 0 Å². The van der Waals surface area contributed by atoms with Crippen LogP contribution in [0.15, 0.2) is 49.4 Å². The van der Waals surface area contributed by atoms with Gasteiger partial charge >= 0.3 is 5.97 Å². The Balaban J connectivity index is 1.51. The number of thiazole rings is 1. The molecule has 1 saturated heterocycles. The molecule has 0 radical (unpaired) electrons. The summed E-state index contributed by atoms with van der Waals surface area (Å²) in [6, 6.07) is 0.305. The van der Waals surface area contributed by atoms with Crippen molar-refractivity contribution in [1.29, 1.82) is 0 Å². The second-order valence-electron chi connectivity index (χ2n) is 7.64. The van der Waals surface area contributed by atoms with Crippen molar-refractivity contribution >= 4 is 75.2 Å². The van der Waals surface area contributed by atoms with Gasteiger partial charge in [-0.25, -0.2) is 9.78 Å². The molecule has 0 spiro atoms. The molecule has 0 aliphatic carbocycles. The number of pyridine rings is 1. The number of carboxylic acids is 1. The summed E-state index contributed by atoms with van der Waals surface area (Å²) in [5.41, 5.74) is 10.8. The second kappa shape index (κ2) is 11.7. The van der Waals surface area contributed by atoms with Gasteiger partial charge in [-0.3, -0.25) is 19.5 Å². The Morgan fingerprint density at radius 2 is 2.16 bits per heavy atom. The number of aliphatic carboxylic acids is 1. The van der Waals surface area contributed by atoms with Crippen molar-refractivity contribution in [2.45, 2.75) is 27.2 Å². The summed E-state index contributed by atoms with van der Waals surface area (Å²) in [6.45, 7) is -0.166. The number of β-lactam (4-membered cyclic amide) rings is 1. The molecule has 1 fully saturated rings. The number of aliphatic hydroxyl groups excluding tert-OH is 1. The lowest BCUT2D eigenvalue weighted by Gasteiger charge is -2.49. The predicted octanol–water partition coefficient (Wildman–Crippen LogP) is 0.199. The van der Waals surface area contributed by atoms with Crippen LogP contribution >= 0.6 is 46.6 Å². The van der Waals surface area contributed by atoms with Crippen LogP contribution in [0.3, 0.4) is 0 Å². The molecule has 8 N–H and O–H groups in total. The van der Waals surface area contributed by atoms with E-state index in [-0.39, 0.29) is 28.9 Å². The van der Waals surface area contributed by atoms with E-state index in [1.54, 1.807) is 18.5 Å². The maximum absolute atomic E-state index is 13.0. The van der Waals surface area contributed by atoms with Crippen LogP contribution in [0.1, 0.15) is 5.69 Å². The van der Waals surface area contributed by atoms with Gasteiger partial charge < -0.3 is 32.2 Å². The predicted molar refractivity (Wildman–Crippen MR) is 140 cm³/mol. The number of aromatic nitrogens is 2. The van der Waals surface area contributed by atoms with Gasteiger partial charge in [0, 0.05) is 50.0 Å². The summed E-state index contributed by atoms with van der Waals surface area (Å²) in [7, 11) is 0. The van der Waals surface area contributed by atoms with Crippen LogP contribution in [0.2, 0.25) is 0 Å². The maximum Gasteiger partial charge on any atom is 0.353 e. The van der Waals surface area contributed by atoms with E-state index in [2.05, 4.69) is 20.4 Å². The third-order valence-corrected chi connectivity index (χ3v) is 9.83. The zero-order valence-electron chi connectivity index (χ0n) is 18.8. The first kappa shape index (κ1) is 27.2. The highest BCUT2D eigenvalue weighted by molar-refractivity contribution is 8.07. The lowest BCUT2D eigenvalue weighted by atomic mass is 10.0. The van der Waals surface area contributed by atoms with Crippen LogP contribution in [0.5, 0.6) is 0 Å². The Kier molecular flexibility index (Phi) is 8.60. The molecule has 1 unspecified atom stereocenters. The van der Waals surface area contributed by atoms with Gasteiger partial charge in [0.25, 0.3) is 11.8 Å². The Hall–Kier alpha value is -2.83. The summed E-state index contributed by atoms with van der Waals surface area (Å²) in [5, 5.41) is 34.9. The molecule has 0 aromatic carbocycles. The number of aliphatic hydroxyl groups is 1. The maximum atomic E-state index is 13.0. The average molecular weight is 584 g/mol. The fourth-order valence-electron chi connectivity index (χ4n) is 3.43. The molecular formula is C20H21N7O6S4. The highest BCUT2D eigenvalue weighted by Crippen LogP contribution is 2.46. The standard InChI is InChI=1S/C20H21N7O6S4/c21-8(4-28)5-34-11-3-23-2-1-10(11)37-12-7-35-18-14(17(30)27(18)15(12)19(31)32)25-16(29)13(26-33)9-6-36-20(22)24-9/h1-3,6,8,14,18,28,33H,4-5,7,21H2,(H2,22,24)(H,25,29)(H,31,32)/b26-13-/t8?,14-,18+/m1/s1. The minimum atomic E-state index is -1.27. The van der Waals surface area contributed by atoms with Crippen molar-refractivity contribution in [2.24, 2.45) is 10.9 Å². The number of thioether (sulfide) groups is 3. The lowest BCUT2D eigenvalue weighted by Crippen LogP contribution is -2.71. The van der Waals surface area contributed by atoms with E-state index in [4.69, 9.17) is 11.5 Å². The number of hydrogen-bond donors (Lipinski definition) is 6. The van der Waals surface area contributed by atoms with Crippen molar-refractivity contribution in [3.63, 3.8) is 0 Å². The topological polar surface area (TPSA) is 217 Å². The molecule has 13 nitrogen and oxygen atoms in total. The van der Waals surface area contributed by atoms with Gasteiger partial charge in [-0.2, -0.15) is 0 Å². The number of nitrogen functional groups attached to an aromatic ring is 1. The van der Waals surface area contributed by atoms with E-state index >= 15 is 0 Å². The van der Waals surface area contributed by atoms with Crippen LogP contribution in [0.25, 0.3) is 0 Å². The van der Waals surface area contributed by atoms with Crippen LogP contribution in [0, 0.1) is 0 Å². The van der Waals surface area contributed by atoms with Gasteiger partial charge in [0.2, 0.25) is 0 Å². The number of nitrogens with zero attached hydrogens (tertiary/aromatic N) is 4. The van der Waals surface area contributed by atoms with E-state index in [0.717, 1.165) is 26.0 Å². The minimum Gasteiger partial charge on any atom is -0.477 e. The lowest BCUT2D eigenvalue weighted by molar-refractivity contribution is -0.150. The third-order valence-electron chi connectivity index (χ3n) is 5.17. The van der Waals surface area contributed by atoms with Gasteiger partial charge in [-0.1, -0.05) is 16.9 Å². The summed E-state index contributed by atoms with van der Waals surface area (Å²) < 4.78 is 0. The third kappa shape index (κ3) is 5.70. The van der Waals surface area contributed by atoms with Gasteiger partial charge in [0.05, 0.1) is 6.61 Å². The molecule has 2 aromatic rings. The molecule has 2 amide bonds. The number of carbonyl (C=O) groups excluding carboxylic acids is 2. The summed E-state index contributed by atoms with van der Waals surface area (Å²) >= 11 is 4.95. The van der Waals surface area contributed by atoms with Crippen LogP contribution in [0.4, 0.5) is 5.13 Å². The summed E-state index contributed by atoms with van der Waals surface area (Å²) in [4.78, 5) is 49.0. The molecular weight excluding hydrogens is 563 g/mol. The number of amides is 2. The molecule has 196 valence electrons. The molecule has 0 saturated carbocycles. The molecule has 4 heterocycles. The van der Waals surface area contributed by atoms with Crippen molar-refractivity contribution < 1.29 is 29.8 Å². The molecule has 3 atom stereocenters. The number of rotatable bonds is 10. The molecule has 2 aromatic heterocycles. The fourth-order valence-corrected chi connectivity index (χ4v) is 7.59. The zero-order chi connectivity index (χ0) is 26.7. The van der Waals surface area contributed by atoms with Gasteiger partial charge in [-0.05, 0) is 6.07 Å². The summed E-state index contributed by atoms with van der Waals surface area (Å²) in [6.07, 6.45) is 3.21. The average Bonchev–Trinajstić information content (AvgIpc) is 3.31. The van der Waals surface area contributed by atoms with Crippen molar-refractivity contribution in [3.8, 4) is 0 Å². The first-order valence-corrected chi connectivity index (χ1v) is 14.2. The number of fused-ring (bicyclic) bond motifs is 1. The number of carbonyl (C=O) groups is 3. The zero-order valence-corrected chi connectivity index (χ0v) is 22.1. The van der Waals surface area contributed by atoms with E-state index < -0.39 is 41.0 Å². The minimum absolute atomic E-state index is 0.0539. The Morgan fingerprint density at radius 1 is 1.38 bits per heavy atom. The molecule has 2 aliphatic rings. The van der Waals surface area contributed by atoms with Crippen LogP contribution in [-0.4, -0.2) is 89.4 Å². The van der Waals surface area contributed by atoms with Crippen molar-refractivity contribution in [1.82, 2.24) is 20.2 Å². The highest BCUT2D eigenvalue weighted by atomic mass is 32.2. The monoisotopic (exact) mass is 583 g/mol. The number of hydrogen-bond acceptors (Lipinski definition) is 14. The normalized spacial score (nSPS) is 20.3. The Bertz CT molecular complexity index is 1290. The van der Waals surface area contributed by atoms with E-state index in [0.29, 0.717) is 10.7 Å². The van der Waals surface area contributed by atoms with E-state index in [1.165, 1.54) is 40.7 Å². The number of oxime groups is 1. The molecule has 4 rings (SSSR count). The molecule has 17 heteroatoms. The first-order chi connectivity index (χ1) is 17.7. The van der Waals surface area contributed by atoms with Gasteiger partial charge in [-0.15, -0.1) is 34.9 Å². The van der Waals surface area contributed by atoms with Crippen LogP contribution in [-0.2, 0) is 14.4 Å². The number of nitrogens with one attached hydrogen (secondary N) is 1. The SMILES string of the molecule is Nc1nc(/C(=N/O)C(=O)N[C@@H]2C(=O)N3C(C(=O)O)=C(Sc4ccncc4SCC(N)CO)CS[C@@H]23)cs1. The largest absolute Gasteiger partial charge is 0.477 e. The number of anilines is 1. The smallest absolute Gasteiger partial charge is 0.353 e. The van der Waals surface area contributed by atoms with E-state index in [9.17, 15) is 29.8 Å². The van der Waals surface area contributed by atoms with Gasteiger partial charge in [0.1, 0.15) is 22.8 Å². The number of carboxylic acid groups (broad SMARTS) is 1. The van der Waals surface area contributed by atoms with Crippen LogP contribution < -0.4 is 16.8 Å².